The van der Waals surface area contributed by atoms with Crippen molar-refractivity contribution in [2.75, 3.05) is 0 Å². The minimum absolute atomic E-state index is 0.130. The van der Waals surface area contributed by atoms with Gasteiger partial charge in [-0.3, -0.25) is 4.79 Å². The molecule has 0 aromatic carbocycles. The molecule has 0 aromatic heterocycles. The zero-order chi connectivity index (χ0) is 22.0. The van der Waals surface area contributed by atoms with Gasteiger partial charge in [0, 0.05) is 0 Å². The summed E-state index contributed by atoms with van der Waals surface area (Å²) < 4.78 is 0. The predicted molar refractivity (Wildman–Crippen MR) is 125 cm³/mol. The monoisotopic (exact) mass is 430 g/mol. The van der Waals surface area contributed by atoms with Gasteiger partial charge in [-0.1, -0.05) is 110 Å². The second kappa shape index (κ2) is 18.2. The molecule has 0 heterocycles. The van der Waals surface area contributed by atoms with Gasteiger partial charge in [0.25, 0.3) is 0 Å². The lowest BCUT2D eigenvalue weighted by atomic mass is 9.80. The molecule has 2 atom stereocenters. The van der Waals surface area contributed by atoms with Gasteiger partial charge in [-0.05, 0) is 19.3 Å². The van der Waals surface area contributed by atoms with Crippen LogP contribution in [0, 0.1) is 5.92 Å². The molecule has 0 aliphatic carbocycles. The van der Waals surface area contributed by atoms with Gasteiger partial charge < -0.3 is 10.2 Å². The number of carboxylic acids is 1. The standard InChI is InChI=1S/C24H46O4S/c1-3-5-7-9-11-13-15-17-19-21(22(25)29)24(28,23(26)27)20-18-16-14-12-10-8-6-4-2/h21,28H,3-20H2,1-2H3,(H,25,29)(H,26,27). The minimum Gasteiger partial charge on any atom is -0.479 e. The van der Waals surface area contributed by atoms with Crippen LogP contribution in [0.3, 0.4) is 0 Å². The van der Waals surface area contributed by atoms with Gasteiger partial charge in [0.15, 0.2) is 10.7 Å². The summed E-state index contributed by atoms with van der Waals surface area (Å²) >= 11 is 3.91. The van der Waals surface area contributed by atoms with Gasteiger partial charge in [0.05, 0.1) is 5.92 Å². The smallest absolute Gasteiger partial charge is 0.336 e. The zero-order valence-electron chi connectivity index (χ0n) is 19.0. The molecule has 0 spiro atoms. The highest BCUT2D eigenvalue weighted by molar-refractivity contribution is 7.96. The molecule has 0 aromatic rings. The molecule has 0 aliphatic rings. The maximum Gasteiger partial charge on any atom is 0.336 e. The highest BCUT2D eigenvalue weighted by Crippen LogP contribution is 2.31. The summed E-state index contributed by atoms with van der Waals surface area (Å²) in [5.41, 5.74) is -1.98. The average Bonchev–Trinajstić information content (AvgIpc) is 2.68. The van der Waals surface area contributed by atoms with Gasteiger partial charge in [-0.2, -0.15) is 0 Å². The van der Waals surface area contributed by atoms with Gasteiger partial charge in [0.2, 0.25) is 0 Å². The molecule has 0 fully saturated rings. The number of carbonyl (C=O) groups excluding carboxylic acids is 1. The first kappa shape index (κ1) is 28.5. The lowest BCUT2D eigenvalue weighted by Crippen LogP contribution is -2.48. The maximum atomic E-state index is 12.0. The van der Waals surface area contributed by atoms with Crippen LogP contribution in [-0.4, -0.2) is 26.9 Å². The van der Waals surface area contributed by atoms with E-state index in [1.807, 2.05) is 0 Å². The Labute approximate surface area is 184 Å². The Hall–Kier alpha value is -0.550. The molecule has 0 amide bonds. The van der Waals surface area contributed by atoms with Crippen molar-refractivity contribution in [3.05, 3.63) is 0 Å². The maximum absolute atomic E-state index is 12.0. The SMILES string of the molecule is CCCCCCCCCCC(C(=O)S)C(O)(CCCCCCCCCC)C(=O)O. The molecule has 4 nitrogen and oxygen atoms in total. The van der Waals surface area contributed by atoms with Crippen molar-refractivity contribution >= 4 is 23.7 Å². The highest BCUT2D eigenvalue weighted by Gasteiger charge is 2.46. The Balaban J connectivity index is 4.32. The van der Waals surface area contributed by atoms with Crippen LogP contribution in [0.4, 0.5) is 0 Å². The first-order valence-corrected chi connectivity index (χ1v) is 12.5. The van der Waals surface area contributed by atoms with Crippen LogP contribution < -0.4 is 0 Å². The number of carbonyl (C=O) groups is 2. The normalized spacial score (nSPS) is 14.5. The number of rotatable bonds is 21. The van der Waals surface area contributed by atoms with E-state index in [0.29, 0.717) is 12.8 Å². The van der Waals surface area contributed by atoms with E-state index in [2.05, 4.69) is 26.5 Å². The molecule has 0 rings (SSSR count). The highest BCUT2D eigenvalue weighted by atomic mass is 32.1. The number of aliphatic carboxylic acids is 1. The van der Waals surface area contributed by atoms with Crippen LogP contribution in [0.15, 0.2) is 0 Å². The van der Waals surface area contributed by atoms with E-state index in [0.717, 1.165) is 38.5 Å². The van der Waals surface area contributed by atoms with Crippen LogP contribution in [0.2, 0.25) is 0 Å². The fraction of sp³-hybridized carbons (Fsp3) is 0.917. The molecule has 0 radical (unpaired) electrons. The first-order chi connectivity index (χ1) is 13.9. The Morgan fingerprint density at radius 1 is 0.724 bits per heavy atom. The number of unbranched alkanes of at least 4 members (excludes halogenated alkanes) is 14. The largest absolute Gasteiger partial charge is 0.479 e. The summed E-state index contributed by atoms with van der Waals surface area (Å²) in [4.78, 5) is 23.8. The molecule has 0 bridgehead atoms. The molecule has 172 valence electrons. The molecule has 2 N–H and O–H groups in total. The second-order valence-electron chi connectivity index (χ2n) is 8.61. The van der Waals surface area contributed by atoms with Crippen molar-refractivity contribution in [1.82, 2.24) is 0 Å². The summed E-state index contributed by atoms with van der Waals surface area (Å²) in [6, 6.07) is 0. The van der Waals surface area contributed by atoms with Crippen LogP contribution in [0.1, 0.15) is 129 Å². The Bertz CT molecular complexity index is 427. The molecule has 0 aliphatic heterocycles. The van der Waals surface area contributed by atoms with Gasteiger partial charge in [0.1, 0.15) is 0 Å². The lowest BCUT2D eigenvalue weighted by Gasteiger charge is -2.30. The minimum atomic E-state index is -1.98. The summed E-state index contributed by atoms with van der Waals surface area (Å²) in [5.74, 6) is -2.21. The first-order valence-electron chi connectivity index (χ1n) is 12.1. The Kier molecular flexibility index (Phi) is 17.9. The molecule has 5 heteroatoms. The fourth-order valence-corrected chi connectivity index (χ4v) is 4.35. The van der Waals surface area contributed by atoms with Crippen LogP contribution in [0.5, 0.6) is 0 Å². The van der Waals surface area contributed by atoms with E-state index >= 15 is 0 Å². The van der Waals surface area contributed by atoms with E-state index in [4.69, 9.17) is 0 Å². The van der Waals surface area contributed by atoms with Crippen molar-refractivity contribution in [3.63, 3.8) is 0 Å². The molecule has 2 unspecified atom stereocenters. The third kappa shape index (κ3) is 13.4. The number of thiol groups is 1. The summed E-state index contributed by atoms with van der Waals surface area (Å²) in [6.07, 6.45) is 18.3. The quantitative estimate of drug-likeness (QED) is 0.136. The number of carboxylic acid groups (broad SMARTS) is 1. The van der Waals surface area contributed by atoms with Crippen LogP contribution in [-0.2, 0) is 9.59 Å². The van der Waals surface area contributed by atoms with Crippen molar-refractivity contribution < 1.29 is 19.8 Å². The third-order valence-electron chi connectivity index (χ3n) is 6.00. The lowest BCUT2D eigenvalue weighted by molar-refractivity contribution is -0.168. The van der Waals surface area contributed by atoms with E-state index in [1.54, 1.807) is 0 Å². The number of aliphatic hydroxyl groups is 1. The molecule has 0 saturated carbocycles. The summed E-state index contributed by atoms with van der Waals surface area (Å²) in [6.45, 7) is 4.39. The zero-order valence-corrected chi connectivity index (χ0v) is 19.9. The molecule has 29 heavy (non-hydrogen) atoms. The van der Waals surface area contributed by atoms with Crippen molar-refractivity contribution in [2.45, 2.75) is 135 Å². The van der Waals surface area contributed by atoms with E-state index in [1.165, 1.54) is 57.8 Å². The summed E-state index contributed by atoms with van der Waals surface area (Å²) in [7, 11) is 0. The predicted octanol–water partition coefficient (Wildman–Crippen LogP) is 6.94. The summed E-state index contributed by atoms with van der Waals surface area (Å²) in [5, 5.41) is 20.0. The molecular formula is C24H46O4S. The average molecular weight is 431 g/mol. The van der Waals surface area contributed by atoms with Gasteiger partial charge >= 0.3 is 5.97 Å². The van der Waals surface area contributed by atoms with Crippen molar-refractivity contribution in [1.29, 1.82) is 0 Å². The number of hydrogen-bond acceptors (Lipinski definition) is 3. The fourth-order valence-electron chi connectivity index (χ4n) is 4.01. The van der Waals surface area contributed by atoms with E-state index in [-0.39, 0.29) is 6.42 Å². The van der Waals surface area contributed by atoms with Crippen molar-refractivity contribution in [2.24, 2.45) is 5.92 Å². The van der Waals surface area contributed by atoms with Crippen molar-refractivity contribution in [3.8, 4) is 0 Å². The molecular weight excluding hydrogens is 384 g/mol. The topological polar surface area (TPSA) is 74.6 Å². The number of hydrogen-bond donors (Lipinski definition) is 3. The van der Waals surface area contributed by atoms with Gasteiger partial charge in [-0.25, -0.2) is 4.79 Å². The Morgan fingerprint density at radius 2 is 1.10 bits per heavy atom. The van der Waals surface area contributed by atoms with Crippen LogP contribution >= 0.6 is 12.6 Å². The third-order valence-corrected chi connectivity index (χ3v) is 6.31. The van der Waals surface area contributed by atoms with Crippen LogP contribution in [0.25, 0.3) is 0 Å². The molecule has 0 saturated heterocycles. The van der Waals surface area contributed by atoms with E-state index in [9.17, 15) is 19.8 Å². The van der Waals surface area contributed by atoms with E-state index < -0.39 is 22.6 Å². The Morgan fingerprint density at radius 3 is 1.48 bits per heavy atom. The second-order valence-corrected chi connectivity index (χ2v) is 9.05. The van der Waals surface area contributed by atoms with Gasteiger partial charge in [-0.15, -0.1) is 12.6 Å².